The molecule has 0 saturated carbocycles. The molecule has 17 heavy (non-hydrogen) atoms. The molecule has 0 saturated heterocycles. The van der Waals surface area contributed by atoms with Crippen LogP contribution in [0.15, 0.2) is 52.5 Å². The van der Waals surface area contributed by atoms with Crippen LogP contribution in [0.5, 0.6) is 0 Å². The molecule has 1 aromatic carbocycles. The average molecular weight is 249 g/mol. The molecule has 0 fully saturated rings. The van der Waals surface area contributed by atoms with Gasteiger partial charge >= 0.3 is 5.97 Å². The van der Waals surface area contributed by atoms with E-state index in [2.05, 4.69) is 4.98 Å². The molecule has 0 aliphatic heterocycles. The van der Waals surface area contributed by atoms with Crippen molar-refractivity contribution >= 4 is 17.7 Å². The molecule has 2 aromatic rings. The Balaban J connectivity index is 2.33. The highest BCUT2D eigenvalue weighted by atomic mass is 32.2. The summed E-state index contributed by atoms with van der Waals surface area (Å²) in [6.07, 6.45) is 2.87. The van der Waals surface area contributed by atoms with Crippen molar-refractivity contribution in [2.45, 2.75) is 9.79 Å². The number of aromatic nitrogens is 1. The number of aromatic carboxylic acids is 1. The van der Waals surface area contributed by atoms with Crippen molar-refractivity contribution < 1.29 is 14.3 Å². The van der Waals surface area contributed by atoms with Gasteiger partial charge in [-0.15, -0.1) is 0 Å². The third-order valence-corrected chi connectivity index (χ3v) is 3.07. The van der Waals surface area contributed by atoms with Gasteiger partial charge in [-0.25, -0.2) is 9.18 Å². The fraction of sp³-hybridized carbons (Fsp3) is 0. The van der Waals surface area contributed by atoms with Gasteiger partial charge in [-0.1, -0.05) is 17.8 Å². The van der Waals surface area contributed by atoms with E-state index >= 15 is 0 Å². The van der Waals surface area contributed by atoms with Gasteiger partial charge in [0.25, 0.3) is 0 Å². The topological polar surface area (TPSA) is 50.2 Å². The molecular formula is C12H8FNO2S. The van der Waals surface area contributed by atoms with Crippen LogP contribution in [-0.4, -0.2) is 16.1 Å². The van der Waals surface area contributed by atoms with Gasteiger partial charge in [0.15, 0.2) is 0 Å². The van der Waals surface area contributed by atoms with Gasteiger partial charge in [-0.3, -0.25) is 4.98 Å². The minimum absolute atomic E-state index is 0.161. The van der Waals surface area contributed by atoms with E-state index in [-0.39, 0.29) is 11.4 Å². The highest BCUT2D eigenvalue weighted by molar-refractivity contribution is 7.99. The highest BCUT2D eigenvalue weighted by Crippen LogP contribution is 2.30. The van der Waals surface area contributed by atoms with Crippen LogP contribution in [0.3, 0.4) is 0 Å². The van der Waals surface area contributed by atoms with Gasteiger partial charge in [0, 0.05) is 22.2 Å². The summed E-state index contributed by atoms with van der Waals surface area (Å²) in [6, 6.07) is 7.40. The van der Waals surface area contributed by atoms with Crippen molar-refractivity contribution in [2.24, 2.45) is 0 Å². The normalized spacial score (nSPS) is 10.2. The maximum atomic E-state index is 13.0. The fourth-order valence-electron chi connectivity index (χ4n) is 1.30. The Bertz CT molecular complexity index is 560. The van der Waals surface area contributed by atoms with E-state index in [0.29, 0.717) is 9.79 Å². The van der Waals surface area contributed by atoms with Crippen molar-refractivity contribution in [2.75, 3.05) is 0 Å². The maximum Gasteiger partial charge on any atom is 0.336 e. The van der Waals surface area contributed by atoms with Gasteiger partial charge in [-0.05, 0) is 24.3 Å². The summed E-state index contributed by atoms with van der Waals surface area (Å²) < 4.78 is 13.0. The van der Waals surface area contributed by atoms with Gasteiger partial charge in [0.05, 0.1) is 5.56 Å². The average Bonchev–Trinajstić information content (AvgIpc) is 2.29. The number of hydrogen-bond acceptors (Lipinski definition) is 3. The first-order valence-electron chi connectivity index (χ1n) is 4.77. The molecule has 1 N–H and O–H groups in total. The van der Waals surface area contributed by atoms with Gasteiger partial charge < -0.3 is 5.11 Å². The van der Waals surface area contributed by atoms with E-state index < -0.39 is 5.97 Å². The Hall–Kier alpha value is -1.88. The van der Waals surface area contributed by atoms with Crippen molar-refractivity contribution in [3.05, 3.63) is 54.1 Å². The SMILES string of the molecule is O=C(O)c1ccncc1Sc1cccc(F)c1. The van der Waals surface area contributed by atoms with Crippen LogP contribution in [0.4, 0.5) is 4.39 Å². The first-order valence-corrected chi connectivity index (χ1v) is 5.59. The van der Waals surface area contributed by atoms with Crippen LogP contribution in [0.2, 0.25) is 0 Å². The third kappa shape index (κ3) is 2.82. The fourth-order valence-corrected chi connectivity index (χ4v) is 2.25. The Morgan fingerprint density at radius 3 is 2.88 bits per heavy atom. The standard InChI is InChI=1S/C12H8FNO2S/c13-8-2-1-3-9(6-8)17-11-7-14-5-4-10(11)12(15)16/h1-7H,(H,15,16). The number of rotatable bonds is 3. The van der Waals surface area contributed by atoms with Gasteiger partial charge in [-0.2, -0.15) is 0 Å². The van der Waals surface area contributed by atoms with Crippen LogP contribution in [-0.2, 0) is 0 Å². The molecule has 0 aliphatic carbocycles. The second-order valence-corrected chi connectivity index (χ2v) is 4.35. The Morgan fingerprint density at radius 1 is 1.35 bits per heavy atom. The monoisotopic (exact) mass is 249 g/mol. The molecule has 0 spiro atoms. The van der Waals surface area contributed by atoms with Crippen LogP contribution in [0.1, 0.15) is 10.4 Å². The predicted molar refractivity (Wildman–Crippen MR) is 61.7 cm³/mol. The van der Waals surface area contributed by atoms with E-state index in [9.17, 15) is 9.18 Å². The molecule has 0 atom stereocenters. The number of pyridine rings is 1. The maximum absolute atomic E-state index is 13.0. The number of carboxylic acids is 1. The molecule has 0 radical (unpaired) electrons. The summed E-state index contributed by atoms with van der Waals surface area (Å²) >= 11 is 1.17. The first kappa shape index (κ1) is 11.6. The second-order valence-electron chi connectivity index (χ2n) is 3.24. The minimum atomic E-state index is -1.02. The first-order chi connectivity index (χ1) is 8.16. The molecule has 0 bridgehead atoms. The lowest BCUT2D eigenvalue weighted by Gasteiger charge is -2.04. The highest BCUT2D eigenvalue weighted by Gasteiger charge is 2.10. The predicted octanol–water partition coefficient (Wildman–Crippen LogP) is 3.07. The lowest BCUT2D eigenvalue weighted by molar-refractivity contribution is 0.0693. The zero-order valence-corrected chi connectivity index (χ0v) is 9.45. The van der Waals surface area contributed by atoms with Crippen LogP contribution in [0.25, 0.3) is 0 Å². The lowest BCUT2D eigenvalue weighted by atomic mass is 10.3. The summed E-state index contributed by atoms with van der Waals surface area (Å²) in [5, 5.41) is 8.98. The van der Waals surface area contributed by atoms with E-state index in [4.69, 9.17) is 5.11 Å². The van der Waals surface area contributed by atoms with Crippen LogP contribution in [0, 0.1) is 5.82 Å². The van der Waals surface area contributed by atoms with Crippen molar-refractivity contribution in [1.29, 1.82) is 0 Å². The zero-order chi connectivity index (χ0) is 12.3. The molecule has 0 aliphatic rings. The quantitative estimate of drug-likeness (QED) is 0.908. The van der Waals surface area contributed by atoms with E-state index in [0.717, 1.165) is 0 Å². The molecule has 86 valence electrons. The van der Waals surface area contributed by atoms with Crippen LogP contribution < -0.4 is 0 Å². The molecule has 3 nitrogen and oxygen atoms in total. The third-order valence-electron chi connectivity index (χ3n) is 2.04. The van der Waals surface area contributed by atoms with E-state index in [1.54, 1.807) is 12.1 Å². The zero-order valence-electron chi connectivity index (χ0n) is 8.63. The number of benzene rings is 1. The number of halogens is 1. The minimum Gasteiger partial charge on any atom is -0.478 e. The molecule has 5 heteroatoms. The van der Waals surface area contributed by atoms with Gasteiger partial charge in [0.2, 0.25) is 0 Å². The summed E-state index contributed by atoms with van der Waals surface area (Å²) in [7, 11) is 0. The van der Waals surface area contributed by atoms with Gasteiger partial charge in [0.1, 0.15) is 5.82 Å². The summed E-state index contributed by atoms with van der Waals surface area (Å²) in [5.41, 5.74) is 0.161. The Morgan fingerprint density at radius 2 is 2.18 bits per heavy atom. The Kier molecular flexibility index (Phi) is 3.39. The number of nitrogens with zero attached hydrogens (tertiary/aromatic N) is 1. The molecule has 2 rings (SSSR count). The number of hydrogen-bond donors (Lipinski definition) is 1. The second kappa shape index (κ2) is 4.97. The molecule has 0 amide bonds. The van der Waals surface area contributed by atoms with E-state index in [1.807, 2.05) is 0 Å². The van der Waals surface area contributed by atoms with Crippen molar-refractivity contribution in [3.63, 3.8) is 0 Å². The Labute approximate surface area is 101 Å². The number of carbonyl (C=O) groups is 1. The van der Waals surface area contributed by atoms with E-state index in [1.165, 1.54) is 42.4 Å². The lowest BCUT2D eigenvalue weighted by Crippen LogP contribution is -1.98. The summed E-state index contributed by atoms with van der Waals surface area (Å²) in [6.45, 7) is 0. The largest absolute Gasteiger partial charge is 0.478 e. The number of carboxylic acid groups (broad SMARTS) is 1. The van der Waals surface area contributed by atoms with Crippen LogP contribution >= 0.6 is 11.8 Å². The van der Waals surface area contributed by atoms with Crippen molar-refractivity contribution in [3.8, 4) is 0 Å². The molecular weight excluding hydrogens is 241 g/mol. The summed E-state index contributed by atoms with van der Waals surface area (Å²) in [4.78, 5) is 16.0. The summed E-state index contributed by atoms with van der Waals surface area (Å²) in [5.74, 6) is -1.37. The van der Waals surface area contributed by atoms with Crippen molar-refractivity contribution in [1.82, 2.24) is 4.98 Å². The molecule has 0 unspecified atom stereocenters. The molecule has 1 heterocycles. The smallest absolute Gasteiger partial charge is 0.336 e. The molecule has 1 aromatic heterocycles.